The summed E-state index contributed by atoms with van der Waals surface area (Å²) in [6.07, 6.45) is 1.97. The van der Waals surface area contributed by atoms with Crippen molar-refractivity contribution in [1.82, 2.24) is 0 Å². The third-order valence-corrected chi connectivity index (χ3v) is 3.57. The lowest BCUT2D eigenvalue weighted by atomic mass is 10.1. The van der Waals surface area contributed by atoms with E-state index >= 15 is 0 Å². The lowest BCUT2D eigenvalue weighted by molar-refractivity contribution is -0.384. The van der Waals surface area contributed by atoms with Crippen molar-refractivity contribution in [2.45, 2.75) is 4.90 Å². The Hall–Kier alpha value is -2.34. The van der Waals surface area contributed by atoms with E-state index in [1.165, 1.54) is 24.3 Å². The summed E-state index contributed by atoms with van der Waals surface area (Å²) < 4.78 is 5.34. The molecule has 0 aliphatic rings. The lowest BCUT2D eigenvalue weighted by Crippen LogP contribution is -2.11. The van der Waals surface area contributed by atoms with Crippen LogP contribution >= 0.6 is 11.8 Å². The second-order valence-corrected chi connectivity index (χ2v) is 5.07. The van der Waals surface area contributed by atoms with Crippen LogP contribution < -0.4 is 4.74 Å². The molecular weight excluding hydrogens is 290 g/mol. The quantitative estimate of drug-likeness (QED) is 0.353. The molecule has 0 aliphatic heterocycles. The second kappa shape index (κ2) is 6.90. The Kier molecular flexibility index (Phi) is 4.94. The summed E-state index contributed by atoms with van der Waals surface area (Å²) in [6, 6.07) is 12.9. The first-order chi connectivity index (χ1) is 10.1. The molecular formula is C15H13NO4S. The minimum Gasteiger partial charge on any atom is -0.485 e. The molecule has 6 heteroatoms. The molecule has 0 radical (unpaired) electrons. The molecule has 5 nitrogen and oxygen atoms in total. The monoisotopic (exact) mass is 303 g/mol. The largest absolute Gasteiger partial charge is 0.485 e. The molecule has 0 amide bonds. The maximum atomic E-state index is 12.0. The predicted octanol–water partition coefficient (Wildman–Crippen LogP) is 3.58. The van der Waals surface area contributed by atoms with Gasteiger partial charge in [-0.15, -0.1) is 11.8 Å². The molecule has 0 saturated carbocycles. The zero-order valence-electron chi connectivity index (χ0n) is 11.3. The van der Waals surface area contributed by atoms with Gasteiger partial charge in [0.1, 0.15) is 5.75 Å². The Bertz CT molecular complexity index is 638. The zero-order chi connectivity index (χ0) is 15.2. The van der Waals surface area contributed by atoms with Gasteiger partial charge in [-0.1, -0.05) is 12.1 Å². The van der Waals surface area contributed by atoms with E-state index in [0.29, 0.717) is 11.3 Å². The minimum atomic E-state index is -0.484. The van der Waals surface area contributed by atoms with Gasteiger partial charge in [0.15, 0.2) is 12.4 Å². The maximum Gasteiger partial charge on any atom is 0.269 e. The standard InChI is InChI=1S/C15H13NO4S/c1-21-14-8-2-11(3-9-14)15(17)10-20-13-6-4-12(5-7-13)16(18)19/h2-9H,10H2,1H3. The van der Waals surface area contributed by atoms with Crippen molar-refractivity contribution in [3.63, 3.8) is 0 Å². The van der Waals surface area contributed by atoms with Crippen LogP contribution in [0.3, 0.4) is 0 Å². The third-order valence-electron chi connectivity index (χ3n) is 2.83. The van der Waals surface area contributed by atoms with Gasteiger partial charge in [0.2, 0.25) is 0 Å². The number of non-ortho nitro benzene ring substituents is 1. The highest BCUT2D eigenvalue weighted by atomic mass is 32.2. The molecule has 0 aliphatic carbocycles. The highest BCUT2D eigenvalue weighted by molar-refractivity contribution is 7.98. The Morgan fingerprint density at radius 1 is 1.14 bits per heavy atom. The van der Waals surface area contributed by atoms with E-state index in [1.54, 1.807) is 23.9 Å². The Balaban J connectivity index is 1.95. The number of thioether (sulfide) groups is 1. The van der Waals surface area contributed by atoms with Crippen molar-refractivity contribution in [1.29, 1.82) is 0 Å². The summed E-state index contributed by atoms with van der Waals surface area (Å²) in [4.78, 5) is 23.1. The smallest absolute Gasteiger partial charge is 0.269 e. The van der Waals surface area contributed by atoms with Crippen LogP contribution in [0.1, 0.15) is 10.4 Å². The van der Waals surface area contributed by atoms with Crippen LogP contribution in [0.15, 0.2) is 53.4 Å². The first-order valence-corrected chi connectivity index (χ1v) is 7.37. The maximum absolute atomic E-state index is 12.0. The number of carbonyl (C=O) groups excluding carboxylic acids is 1. The van der Waals surface area contributed by atoms with Crippen molar-refractivity contribution in [2.24, 2.45) is 0 Å². The molecule has 2 aromatic carbocycles. The van der Waals surface area contributed by atoms with Gasteiger partial charge < -0.3 is 4.74 Å². The Morgan fingerprint density at radius 3 is 2.29 bits per heavy atom. The van der Waals surface area contributed by atoms with E-state index in [1.807, 2.05) is 18.4 Å². The molecule has 2 aromatic rings. The molecule has 0 spiro atoms. The van der Waals surface area contributed by atoms with Gasteiger partial charge in [-0.05, 0) is 30.5 Å². The number of nitro groups is 1. The molecule has 0 bridgehead atoms. The van der Waals surface area contributed by atoms with Gasteiger partial charge in [-0.3, -0.25) is 14.9 Å². The molecule has 2 rings (SSSR count). The number of nitrogens with zero attached hydrogens (tertiary/aromatic N) is 1. The van der Waals surface area contributed by atoms with Crippen LogP contribution in [0.5, 0.6) is 5.75 Å². The van der Waals surface area contributed by atoms with E-state index in [4.69, 9.17) is 4.74 Å². The first kappa shape index (κ1) is 15.1. The predicted molar refractivity (Wildman–Crippen MR) is 81.1 cm³/mol. The highest BCUT2D eigenvalue weighted by Crippen LogP contribution is 2.18. The Labute approximate surface area is 126 Å². The van der Waals surface area contributed by atoms with Crippen molar-refractivity contribution >= 4 is 23.2 Å². The molecule has 0 atom stereocenters. The fraction of sp³-hybridized carbons (Fsp3) is 0.133. The fourth-order valence-corrected chi connectivity index (χ4v) is 2.08. The molecule has 0 aromatic heterocycles. The van der Waals surface area contributed by atoms with Gasteiger partial charge in [0, 0.05) is 22.6 Å². The molecule has 0 heterocycles. The molecule has 0 N–H and O–H groups in total. The average Bonchev–Trinajstić information content (AvgIpc) is 2.53. The van der Waals surface area contributed by atoms with Gasteiger partial charge in [-0.2, -0.15) is 0 Å². The highest BCUT2D eigenvalue weighted by Gasteiger charge is 2.08. The number of benzene rings is 2. The Morgan fingerprint density at radius 2 is 1.76 bits per heavy atom. The molecule has 108 valence electrons. The minimum absolute atomic E-state index is 0.0127. The number of nitro benzene ring substituents is 1. The van der Waals surface area contributed by atoms with Gasteiger partial charge >= 0.3 is 0 Å². The van der Waals surface area contributed by atoms with E-state index in [9.17, 15) is 14.9 Å². The average molecular weight is 303 g/mol. The van der Waals surface area contributed by atoms with Gasteiger partial charge in [0.25, 0.3) is 5.69 Å². The van der Waals surface area contributed by atoms with Crippen molar-refractivity contribution in [3.8, 4) is 5.75 Å². The number of rotatable bonds is 6. The van der Waals surface area contributed by atoms with Crippen LogP contribution in [0.2, 0.25) is 0 Å². The fourth-order valence-electron chi connectivity index (χ4n) is 1.67. The van der Waals surface area contributed by atoms with E-state index in [0.717, 1.165) is 4.90 Å². The molecule has 0 fully saturated rings. The van der Waals surface area contributed by atoms with Crippen LogP contribution in [0.25, 0.3) is 0 Å². The summed E-state index contributed by atoms with van der Waals surface area (Å²) in [7, 11) is 0. The summed E-state index contributed by atoms with van der Waals surface area (Å²) in [5.74, 6) is 0.288. The van der Waals surface area contributed by atoms with Crippen molar-refractivity contribution in [3.05, 3.63) is 64.2 Å². The van der Waals surface area contributed by atoms with Crippen molar-refractivity contribution < 1.29 is 14.5 Å². The summed E-state index contributed by atoms with van der Waals surface area (Å²) >= 11 is 1.61. The number of ether oxygens (including phenoxy) is 1. The number of carbonyl (C=O) groups is 1. The second-order valence-electron chi connectivity index (χ2n) is 4.19. The van der Waals surface area contributed by atoms with Crippen LogP contribution in [-0.2, 0) is 0 Å². The summed E-state index contributed by atoms with van der Waals surface area (Å²) in [5.41, 5.74) is 0.566. The SMILES string of the molecule is CSc1ccc(C(=O)COc2ccc([N+](=O)[O-])cc2)cc1. The molecule has 0 unspecified atom stereocenters. The van der Waals surface area contributed by atoms with Crippen LogP contribution in [-0.4, -0.2) is 23.6 Å². The molecule has 0 saturated heterocycles. The van der Waals surface area contributed by atoms with Gasteiger partial charge in [0.05, 0.1) is 4.92 Å². The van der Waals surface area contributed by atoms with Crippen molar-refractivity contribution in [2.75, 3.05) is 12.9 Å². The zero-order valence-corrected chi connectivity index (χ0v) is 12.1. The van der Waals surface area contributed by atoms with Crippen LogP contribution in [0, 0.1) is 10.1 Å². The van der Waals surface area contributed by atoms with E-state index in [-0.39, 0.29) is 18.1 Å². The third kappa shape index (κ3) is 4.06. The number of hydrogen-bond acceptors (Lipinski definition) is 5. The van der Waals surface area contributed by atoms with Crippen LogP contribution in [0.4, 0.5) is 5.69 Å². The van der Waals surface area contributed by atoms with Gasteiger partial charge in [-0.25, -0.2) is 0 Å². The topological polar surface area (TPSA) is 69.4 Å². The lowest BCUT2D eigenvalue weighted by Gasteiger charge is -2.05. The number of ketones is 1. The first-order valence-electron chi connectivity index (χ1n) is 6.14. The van der Waals surface area contributed by atoms with E-state index < -0.39 is 4.92 Å². The number of hydrogen-bond donors (Lipinski definition) is 0. The molecule has 21 heavy (non-hydrogen) atoms. The summed E-state index contributed by atoms with van der Waals surface area (Å²) in [5, 5.41) is 10.5. The number of Topliss-reactive ketones (excluding diaryl/α,β-unsaturated/α-hetero) is 1. The van der Waals surface area contributed by atoms with E-state index in [2.05, 4.69) is 0 Å². The normalized spacial score (nSPS) is 10.1. The summed E-state index contributed by atoms with van der Waals surface area (Å²) in [6.45, 7) is -0.101.